The summed E-state index contributed by atoms with van der Waals surface area (Å²) < 4.78 is 66.5. The van der Waals surface area contributed by atoms with Crippen LogP contribution in [0.4, 0.5) is 13.2 Å². The van der Waals surface area contributed by atoms with E-state index in [9.17, 15) is 26.4 Å². The molecule has 6 nitrogen and oxygen atoms in total. The molecule has 1 aliphatic heterocycles. The summed E-state index contributed by atoms with van der Waals surface area (Å²) in [5.74, 6) is -0.549. The summed E-state index contributed by atoms with van der Waals surface area (Å²) in [5.41, 5.74) is 3.21. The molecule has 1 amide bonds. The predicted molar refractivity (Wildman–Crippen MR) is 127 cm³/mol. The van der Waals surface area contributed by atoms with Gasteiger partial charge in [0, 0.05) is 13.0 Å². The van der Waals surface area contributed by atoms with E-state index in [4.69, 9.17) is 0 Å². The molecule has 1 N–H and O–H groups in total. The summed E-state index contributed by atoms with van der Waals surface area (Å²) in [6.45, 7) is -0.107. The standard InChI is InChI=1S/C24H18F3N3O3S2/c25-24(26,27)19-8-9-21-20(12-19)28-23(34-21)11-16-2-1-3-18(10-16)17-6-4-15(5-7-17)13-30-14-22(31)29-35(30,32)33/h1-10,12H,11,13-14H2,(H,29,31). The van der Waals surface area contributed by atoms with Crippen LogP contribution in [0.3, 0.4) is 0 Å². The van der Waals surface area contributed by atoms with Crippen LogP contribution in [0.2, 0.25) is 0 Å². The van der Waals surface area contributed by atoms with Crippen LogP contribution < -0.4 is 4.72 Å². The highest BCUT2D eigenvalue weighted by Gasteiger charge is 2.33. The molecular weight excluding hydrogens is 499 g/mol. The summed E-state index contributed by atoms with van der Waals surface area (Å²) in [6, 6.07) is 18.8. The quantitative estimate of drug-likeness (QED) is 0.415. The van der Waals surface area contributed by atoms with Crippen molar-refractivity contribution in [3.05, 3.63) is 88.4 Å². The van der Waals surface area contributed by atoms with Crippen molar-refractivity contribution in [2.75, 3.05) is 6.54 Å². The van der Waals surface area contributed by atoms with Crippen LogP contribution in [0, 0.1) is 0 Å². The lowest BCUT2D eigenvalue weighted by Gasteiger charge is -2.12. The molecule has 4 aromatic rings. The minimum absolute atomic E-state index is 0.0923. The van der Waals surface area contributed by atoms with Gasteiger partial charge in [-0.2, -0.15) is 25.9 Å². The molecule has 180 valence electrons. The van der Waals surface area contributed by atoms with Crippen molar-refractivity contribution < 1.29 is 26.4 Å². The van der Waals surface area contributed by atoms with Crippen LogP contribution in [-0.2, 0) is 34.1 Å². The second-order valence-electron chi connectivity index (χ2n) is 8.16. The lowest BCUT2D eigenvalue weighted by molar-refractivity contribution is -0.137. The van der Waals surface area contributed by atoms with E-state index < -0.39 is 27.9 Å². The number of fused-ring (bicyclic) bond motifs is 1. The zero-order valence-corrected chi connectivity index (χ0v) is 19.7. The smallest absolute Gasteiger partial charge is 0.272 e. The molecule has 35 heavy (non-hydrogen) atoms. The summed E-state index contributed by atoms with van der Waals surface area (Å²) in [4.78, 5) is 15.8. The van der Waals surface area contributed by atoms with Gasteiger partial charge in [0.25, 0.3) is 0 Å². The Labute approximate surface area is 203 Å². The van der Waals surface area contributed by atoms with Crippen molar-refractivity contribution in [3.63, 3.8) is 0 Å². The van der Waals surface area contributed by atoms with Crippen molar-refractivity contribution in [2.45, 2.75) is 19.1 Å². The maximum absolute atomic E-state index is 13.0. The Morgan fingerprint density at radius 2 is 1.74 bits per heavy atom. The SMILES string of the molecule is O=C1CN(Cc2ccc(-c3cccc(Cc4nc5cc(C(F)(F)F)ccc5s4)c3)cc2)S(=O)(=O)N1. The van der Waals surface area contributed by atoms with Crippen molar-refractivity contribution in [2.24, 2.45) is 0 Å². The number of hydrogen-bond acceptors (Lipinski definition) is 5. The average Bonchev–Trinajstić information content (AvgIpc) is 3.31. The molecular formula is C24H18F3N3O3S2. The van der Waals surface area contributed by atoms with Gasteiger partial charge in [0.15, 0.2) is 0 Å². The molecule has 11 heteroatoms. The molecule has 3 aromatic carbocycles. The van der Waals surface area contributed by atoms with Gasteiger partial charge in [0.1, 0.15) is 0 Å². The van der Waals surface area contributed by atoms with E-state index in [1.165, 1.54) is 17.4 Å². The van der Waals surface area contributed by atoms with Gasteiger partial charge in [0.05, 0.1) is 27.3 Å². The number of alkyl halides is 3. The maximum atomic E-state index is 13.0. The number of thiazole rings is 1. The van der Waals surface area contributed by atoms with E-state index in [0.29, 0.717) is 16.6 Å². The summed E-state index contributed by atoms with van der Waals surface area (Å²) >= 11 is 1.37. The Balaban J connectivity index is 1.32. The molecule has 0 atom stereocenters. The van der Waals surface area contributed by atoms with Crippen molar-refractivity contribution in [3.8, 4) is 11.1 Å². The number of aromatic nitrogens is 1. The number of benzene rings is 3. The first-order chi connectivity index (χ1) is 16.6. The van der Waals surface area contributed by atoms with Crippen LogP contribution >= 0.6 is 11.3 Å². The number of carbonyl (C=O) groups excluding carboxylic acids is 1. The maximum Gasteiger partial charge on any atom is 0.416 e. The first-order valence-corrected chi connectivity index (χ1v) is 12.8. The zero-order chi connectivity index (χ0) is 24.8. The third-order valence-electron chi connectivity index (χ3n) is 5.59. The number of nitrogens with one attached hydrogen (secondary N) is 1. The lowest BCUT2D eigenvalue weighted by Crippen LogP contribution is -2.29. The highest BCUT2D eigenvalue weighted by atomic mass is 32.2. The third-order valence-corrected chi connectivity index (χ3v) is 8.05. The number of halogens is 3. The molecule has 0 aliphatic carbocycles. The molecule has 0 unspecified atom stereocenters. The van der Waals surface area contributed by atoms with Crippen LogP contribution in [0.25, 0.3) is 21.3 Å². The van der Waals surface area contributed by atoms with Crippen molar-refractivity contribution in [1.29, 1.82) is 0 Å². The average molecular weight is 518 g/mol. The molecule has 0 radical (unpaired) electrons. The molecule has 2 heterocycles. The summed E-state index contributed by atoms with van der Waals surface area (Å²) in [6.07, 6.45) is -3.92. The van der Waals surface area contributed by atoms with Gasteiger partial charge in [-0.15, -0.1) is 11.3 Å². The predicted octanol–water partition coefficient (Wildman–Crippen LogP) is 4.75. The highest BCUT2D eigenvalue weighted by Crippen LogP contribution is 2.33. The van der Waals surface area contributed by atoms with E-state index in [0.717, 1.165) is 43.7 Å². The Bertz CT molecular complexity index is 1530. The van der Waals surface area contributed by atoms with Crippen LogP contribution in [0.1, 0.15) is 21.7 Å². The topological polar surface area (TPSA) is 79.4 Å². The summed E-state index contributed by atoms with van der Waals surface area (Å²) in [7, 11) is -3.78. The Hall–Kier alpha value is -3.28. The Kier molecular flexibility index (Phi) is 5.86. The molecule has 1 saturated heterocycles. The first-order valence-electron chi connectivity index (χ1n) is 10.5. The first kappa shape index (κ1) is 23.5. The summed E-state index contributed by atoms with van der Waals surface area (Å²) in [5, 5.41) is 0.724. The van der Waals surface area contributed by atoms with Crippen LogP contribution in [0.15, 0.2) is 66.7 Å². The van der Waals surface area contributed by atoms with E-state index >= 15 is 0 Å². The minimum atomic E-state index is -4.40. The largest absolute Gasteiger partial charge is 0.416 e. The Morgan fingerprint density at radius 3 is 2.43 bits per heavy atom. The number of amides is 1. The monoisotopic (exact) mass is 517 g/mol. The zero-order valence-electron chi connectivity index (χ0n) is 18.0. The van der Waals surface area contributed by atoms with Gasteiger partial charge in [0.2, 0.25) is 5.91 Å². The van der Waals surface area contributed by atoms with Gasteiger partial charge in [-0.05, 0) is 40.5 Å². The lowest BCUT2D eigenvalue weighted by atomic mass is 10.0. The van der Waals surface area contributed by atoms with Crippen LogP contribution in [-0.4, -0.2) is 30.2 Å². The fourth-order valence-electron chi connectivity index (χ4n) is 3.90. The highest BCUT2D eigenvalue weighted by molar-refractivity contribution is 7.88. The molecule has 1 aromatic heterocycles. The second kappa shape index (κ2) is 8.74. The van der Waals surface area contributed by atoms with E-state index in [1.807, 2.05) is 53.3 Å². The van der Waals surface area contributed by atoms with E-state index in [1.54, 1.807) is 0 Å². The molecule has 0 bridgehead atoms. The molecule has 0 saturated carbocycles. The minimum Gasteiger partial charge on any atom is -0.272 e. The van der Waals surface area contributed by atoms with E-state index in [2.05, 4.69) is 4.98 Å². The van der Waals surface area contributed by atoms with Crippen molar-refractivity contribution in [1.82, 2.24) is 14.0 Å². The normalized spacial score (nSPS) is 16.0. The molecule has 1 aliphatic rings. The van der Waals surface area contributed by atoms with E-state index in [-0.39, 0.29) is 13.1 Å². The second-order valence-corrected chi connectivity index (χ2v) is 10.9. The van der Waals surface area contributed by atoms with Gasteiger partial charge >= 0.3 is 16.4 Å². The number of carbonyl (C=O) groups is 1. The van der Waals surface area contributed by atoms with Gasteiger partial charge in [-0.1, -0.05) is 48.5 Å². The number of nitrogens with zero attached hydrogens (tertiary/aromatic N) is 2. The van der Waals surface area contributed by atoms with Crippen LogP contribution in [0.5, 0.6) is 0 Å². The molecule has 0 spiro atoms. The number of hydrogen-bond donors (Lipinski definition) is 1. The molecule has 1 fully saturated rings. The van der Waals surface area contributed by atoms with Gasteiger partial charge in [-0.3, -0.25) is 4.79 Å². The third kappa shape index (κ3) is 5.07. The Morgan fingerprint density at radius 1 is 0.971 bits per heavy atom. The number of rotatable bonds is 5. The van der Waals surface area contributed by atoms with Gasteiger partial charge < -0.3 is 0 Å². The fraction of sp³-hybridized carbons (Fsp3) is 0.167. The fourth-order valence-corrected chi connectivity index (χ4v) is 5.97. The van der Waals surface area contributed by atoms with Gasteiger partial charge in [-0.25, -0.2) is 9.71 Å². The van der Waals surface area contributed by atoms with Crippen molar-refractivity contribution >= 4 is 37.7 Å². The molecule has 5 rings (SSSR count).